The molecule has 2 N–H and O–H groups in total. The highest BCUT2D eigenvalue weighted by molar-refractivity contribution is 5.89. The first-order valence-corrected chi connectivity index (χ1v) is 5.90. The van der Waals surface area contributed by atoms with Gasteiger partial charge in [-0.15, -0.1) is 0 Å². The number of esters is 1. The van der Waals surface area contributed by atoms with Crippen LogP contribution in [0, 0.1) is 0 Å². The molecule has 0 bridgehead atoms. The van der Waals surface area contributed by atoms with Crippen molar-refractivity contribution < 1.29 is 29.2 Å². The zero-order chi connectivity index (χ0) is 13.8. The number of hydrogen-bond acceptors (Lipinski definition) is 6. The molecule has 104 valence electrons. The normalized spacial score (nSPS) is 30.3. The number of carbonyl (C=O) groups is 1. The van der Waals surface area contributed by atoms with Gasteiger partial charge in [0.2, 0.25) is 0 Å². The zero-order valence-electron chi connectivity index (χ0n) is 10.4. The van der Waals surface area contributed by atoms with Crippen LogP contribution in [0.3, 0.4) is 0 Å². The molecule has 19 heavy (non-hydrogen) atoms. The summed E-state index contributed by atoms with van der Waals surface area (Å²) in [5, 5.41) is 19.3. The summed E-state index contributed by atoms with van der Waals surface area (Å²) in [5.41, 5.74) is 0.416. The number of methoxy groups -OCH3 is 1. The fourth-order valence-electron chi connectivity index (χ4n) is 1.86. The van der Waals surface area contributed by atoms with E-state index in [1.54, 1.807) is 30.3 Å². The van der Waals surface area contributed by atoms with E-state index in [1.165, 1.54) is 7.11 Å². The average Bonchev–Trinajstić information content (AvgIpc) is 2.73. The highest BCUT2D eigenvalue weighted by atomic mass is 16.7. The monoisotopic (exact) mass is 268 g/mol. The lowest BCUT2D eigenvalue weighted by Gasteiger charge is -2.14. The highest BCUT2D eigenvalue weighted by Crippen LogP contribution is 2.22. The Balaban J connectivity index is 1.88. The summed E-state index contributed by atoms with van der Waals surface area (Å²) in [5.74, 6) is -0.508. The van der Waals surface area contributed by atoms with Crippen LogP contribution in [0.1, 0.15) is 10.4 Å². The van der Waals surface area contributed by atoms with Crippen LogP contribution in [0.25, 0.3) is 0 Å². The van der Waals surface area contributed by atoms with E-state index in [2.05, 4.69) is 0 Å². The van der Waals surface area contributed by atoms with Crippen LogP contribution in [0.15, 0.2) is 30.3 Å². The Morgan fingerprint density at radius 3 is 2.53 bits per heavy atom. The van der Waals surface area contributed by atoms with E-state index >= 15 is 0 Å². The molecule has 1 aliphatic heterocycles. The van der Waals surface area contributed by atoms with Crippen molar-refractivity contribution in [3.05, 3.63) is 35.9 Å². The van der Waals surface area contributed by atoms with Crippen molar-refractivity contribution in [2.45, 2.75) is 24.6 Å². The largest absolute Gasteiger partial charge is 0.459 e. The molecule has 0 radical (unpaired) electrons. The van der Waals surface area contributed by atoms with Crippen molar-refractivity contribution in [1.29, 1.82) is 0 Å². The van der Waals surface area contributed by atoms with E-state index in [4.69, 9.17) is 14.2 Å². The summed E-state index contributed by atoms with van der Waals surface area (Å²) in [6, 6.07) is 8.49. The van der Waals surface area contributed by atoms with Crippen molar-refractivity contribution in [1.82, 2.24) is 0 Å². The van der Waals surface area contributed by atoms with Crippen molar-refractivity contribution in [2.75, 3.05) is 13.7 Å². The van der Waals surface area contributed by atoms with Gasteiger partial charge in [0.15, 0.2) is 6.29 Å². The van der Waals surface area contributed by atoms with E-state index in [0.29, 0.717) is 5.56 Å². The van der Waals surface area contributed by atoms with Gasteiger partial charge in [-0.2, -0.15) is 0 Å². The Kier molecular flexibility index (Phi) is 4.49. The van der Waals surface area contributed by atoms with Gasteiger partial charge in [0.05, 0.1) is 5.56 Å². The summed E-state index contributed by atoms with van der Waals surface area (Å²) in [4.78, 5) is 11.7. The Morgan fingerprint density at radius 1 is 1.26 bits per heavy atom. The molecule has 6 heteroatoms. The maximum absolute atomic E-state index is 11.7. The third-order valence-corrected chi connectivity index (χ3v) is 2.94. The van der Waals surface area contributed by atoms with Crippen molar-refractivity contribution >= 4 is 5.97 Å². The summed E-state index contributed by atoms with van der Waals surface area (Å²) in [6.45, 7) is -0.147. The lowest BCUT2D eigenvalue weighted by Crippen LogP contribution is -2.35. The first-order chi connectivity index (χ1) is 9.13. The van der Waals surface area contributed by atoms with E-state index < -0.39 is 30.6 Å². The van der Waals surface area contributed by atoms with Gasteiger partial charge >= 0.3 is 5.97 Å². The molecule has 1 unspecified atom stereocenters. The SMILES string of the molecule is CO[C@H]1OC(COC(=O)c2ccccc2)[C@H](O)[C@H]1O. The molecule has 4 atom stereocenters. The maximum Gasteiger partial charge on any atom is 0.338 e. The van der Waals surface area contributed by atoms with E-state index in [-0.39, 0.29) is 6.61 Å². The van der Waals surface area contributed by atoms with Gasteiger partial charge in [-0.3, -0.25) is 0 Å². The van der Waals surface area contributed by atoms with Gasteiger partial charge in [-0.05, 0) is 12.1 Å². The second-order valence-corrected chi connectivity index (χ2v) is 4.22. The van der Waals surface area contributed by atoms with Crippen LogP contribution < -0.4 is 0 Å². The molecule has 1 heterocycles. The predicted octanol–water partition coefficient (Wildman–Crippen LogP) is -0.0635. The summed E-state index contributed by atoms with van der Waals surface area (Å²) < 4.78 is 15.1. The van der Waals surface area contributed by atoms with E-state index in [0.717, 1.165) is 0 Å². The standard InChI is InChI=1S/C13H16O6/c1-17-13-11(15)10(14)9(19-13)7-18-12(16)8-5-3-2-4-6-8/h2-6,9-11,13-15H,7H2,1H3/t9?,10-,11+,13-/m0/s1. The smallest absolute Gasteiger partial charge is 0.338 e. The molecule has 0 spiro atoms. The van der Waals surface area contributed by atoms with Gasteiger partial charge in [0, 0.05) is 7.11 Å². The average molecular weight is 268 g/mol. The minimum Gasteiger partial charge on any atom is -0.459 e. The molecular formula is C13H16O6. The highest BCUT2D eigenvalue weighted by Gasteiger charge is 2.43. The first-order valence-electron chi connectivity index (χ1n) is 5.90. The third-order valence-electron chi connectivity index (χ3n) is 2.94. The number of aliphatic hydroxyl groups is 2. The number of benzene rings is 1. The van der Waals surface area contributed by atoms with Gasteiger partial charge in [0.25, 0.3) is 0 Å². The lowest BCUT2D eigenvalue weighted by molar-refractivity contribution is -0.153. The van der Waals surface area contributed by atoms with Crippen molar-refractivity contribution in [3.8, 4) is 0 Å². The Morgan fingerprint density at radius 2 is 1.95 bits per heavy atom. The van der Waals surface area contributed by atoms with Crippen molar-refractivity contribution in [2.24, 2.45) is 0 Å². The van der Waals surface area contributed by atoms with Gasteiger partial charge in [-0.1, -0.05) is 18.2 Å². The zero-order valence-corrected chi connectivity index (χ0v) is 10.4. The number of carbonyl (C=O) groups excluding carboxylic acids is 1. The van der Waals surface area contributed by atoms with Gasteiger partial charge in [0.1, 0.15) is 24.9 Å². The minimum atomic E-state index is -1.15. The molecule has 0 saturated carbocycles. The number of hydrogen-bond donors (Lipinski definition) is 2. The summed E-state index contributed by atoms with van der Waals surface area (Å²) in [7, 11) is 1.36. The topological polar surface area (TPSA) is 85.2 Å². The molecule has 0 amide bonds. The maximum atomic E-state index is 11.7. The minimum absolute atomic E-state index is 0.147. The second kappa shape index (κ2) is 6.12. The quantitative estimate of drug-likeness (QED) is 0.744. The summed E-state index contributed by atoms with van der Waals surface area (Å²) >= 11 is 0. The second-order valence-electron chi connectivity index (χ2n) is 4.22. The molecule has 6 nitrogen and oxygen atoms in total. The Bertz CT molecular complexity index is 420. The molecule has 1 aromatic rings. The molecule has 1 aliphatic rings. The first kappa shape index (κ1) is 14.0. The fourth-order valence-corrected chi connectivity index (χ4v) is 1.86. The van der Waals surface area contributed by atoms with Crippen LogP contribution in [-0.2, 0) is 14.2 Å². The molecule has 0 aromatic heterocycles. The number of rotatable bonds is 4. The number of aliphatic hydroxyl groups excluding tert-OH is 2. The van der Waals surface area contributed by atoms with Crippen LogP contribution in [0.2, 0.25) is 0 Å². The Hall–Kier alpha value is -1.47. The molecule has 1 saturated heterocycles. The molecule has 1 aromatic carbocycles. The lowest BCUT2D eigenvalue weighted by atomic mass is 10.1. The molecule has 0 aliphatic carbocycles. The van der Waals surface area contributed by atoms with Crippen LogP contribution in [-0.4, -0.2) is 54.5 Å². The van der Waals surface area contributed by atoms with E-state index in [9.17, 15) is 15.0 Å². The van der Waals surface area contributed by atoms with Gasteiger partial charge in [-0.25, -0.2) is 4.79 Å². The number of ether oxygens (including phenoxy) is 3. The summed E-state index contributed by atoms with van der Waals surface area (Å²) in [6.07, 6.45) is -4.00. The predicted molar refractivity (Wildman–Crippen MR) is 64.4 cm³/mol. The van der Waals surface area contributed by atoms with Gasteiger partial charge < -0.3 is 24.4 Å². The van der Waals surface area contributed by atoms with Crippen molar-refractivity contribution in [3.63, 3.8) is 0 Å². The molecule has 1 fully saturated rings. The van der Waals surface area contributed by atoms with Crippen LogP contribution >= 0.6 is 0 Å². The molecule has 2 rings (SSSR count). The van der Waals surface area contributed by atoms with E-state index in [1.807, 2.05) is 0 Å². The third kappa shape index (κ3) is 3.10. The Labute approximate surface area is 110 Å². The fraction of sp³-hybridized carbons (Fsp3) is 0.462. The molecular weight excluding hydrogens is 252 g/mol. The van der Waals surface area contributed by atoms with Crippen LogP contribution in [0.4, 0.5) is 0 Å². The van der Waals surface area contributed by atoms with Crippen LogP contribution in [0.5, 0.6) is 0 Å².